The van der Waals surface area contributed by atoms with Gasteiger partial charge in [0.25, 0.3) is 0 Å². The molecule has 8 rings (SSSR count). The highest BCUT2D eigenvalue weighted by Gasteiger charge is 2.46. The molecule has 0 saturated heterocycles. The fourth-order valence-electron chi connectivity index (χ4n) is 6.77. The van der Waals surface area contributed by atoms with Gasteiger partial charge in [-0.15, -0.1) is 0 Å². The summed E-state index contributed by atoms with van der Waals surface area (Å²) in [7, 11) is 0. The van der Waals surface area contributed by atoms with Crippen molar-refractivity contribution in [3.63, 3.8) is 0 Å². The lowest BCUT2D eigenvalue weighted by molar-refractivity contribution is 0.617. The minimum absolute atomic E-state index is 0.459. The Hall–Kier alpha value is -4.85. The van der Waals surface area contributed by atoms with Crippen molar-refractivity contribution < 1.29 is 4.42 Å². The highest BCUT2D eigenvalue weighted by Crippen LogP contribution is 2.57. The van der Waals surface area contributed by atoms with E-state index in [2.05, 4.69) is 121 Å². The summed E-state index contributed by atoms with van der Waals surface area (Å²) in [6, 6.07) is 51.9. The lowest BCUT2D eigenvalue weighted by Crippen LogP contribution is -2.28. The SMILES string of the molecule is Clc1c(-c2ccc3c(c2)C(c2ccccc2)(c2ccccc2)c2ccccc2-3)cc2ccoc2c1-c1ccccc1. The second kappa shape index (κ2) is 9.37. The van der Waals surface area contributed by atoms with E-state index in [1.165, 1.54) is 33.4 Å². The van der Waals surface area contributed by atoms with E-state index in [9.17, 15) is 0 Å². The summed E-state index contributed by atoms with van der Waals surface area (Å²) in [5.74, 6) is 0. The quantitative estimate of drug-likeness (QED) is 0.215. The number of fused-ring (bicyclic) bond motifs is 4. The lowest BCUT2D eigenvalue weighted by Gasteiger charge is -2.34. The third kappa shape index (κ3) is 3.49. The van der Waals surface area contributed by atoms with Gasteiger partial charge in [-0.2, -0.15) is 0 Å². The molecule has 7 aromatic rings. The summed E-state index contributed by atoms with van der Waals surface area (Å²) in [5, 5.41) is 1.73. The fourth-order valence-corrected chi connectivity index (χ4v) is 7.13. The van der Waals surface area contributed by atoms with Crippen LogP contribution >= 0.6 is 11.6 Å². The summed E-state index contributed by atoms with van der Waals surface area (Å²) >= 11 is 7.30. The molecule has 0 bridgehead atoms. The zero-order valence-electron chi connectivity index (χ0n) is 22.2. The fraction of sp³-hybridized carbons (Fsp3) is 0.0256. The first-order chi connectivity index (χ1) is 20.3. The molecule has 0 unspecified atom stereocenters. The second-order valence-corrected chi connectivity index (χ2v) is 11.0. The molecule has 1 nitrogen and oxygen atoms in total. The van der Waals surface area contributed by atoms with Crippen LogP contribution in [0.4, 0.5) is 0 Å². The first-order valence-electron chi connectivity index (χ1n) is 13.9. The standard InChI is InChI=1S/C39H25ClO/c40-37-33(24-28-22-23-41-38(28)36(37)26-12-4-1-5-13-26)27-20-21-32-31-18-10-11-19-34(31)39(35(32)25-27,29-14-6-2-7-15-29)30-16-8-3-9-17-30/h1-25H. The lowest BCUT2D eigenvalue weighted by atomic mass is 9.67. The molecule has 0 saturated carbocycles. The van der Waals surface area contributed by atoms with Gasteiger partial charge >= 0.3 is 0 Å². The van der Waals surface area contributed by atoms with E-state index in [1.807, 2.05) is 24.3 Å². The minimum Gasteiger partial charge on any atom is -0.464 e. The Labute approximate surface area is 244 Å². The van der Waals surface area contributed by atoms with Gasteiger partial charge in [0.2, 0.25) is 0 Å². The Bertz CT molecular complexity index is 2000. The first kappa shape index (κ1) is 24.0. The predicted molar refractivity (Wildman–Crippen MR) is 169 cm³/mol. The molecule has 194 valence electrons. The molecule has 1 aliphatic rings. The van der Waals surface area contributed by atoms with E-state index in [0.717, 1.165) is 33.2 Å². The molecule has 0 spiro atoms. The maximum Gasteiger partial charge on any atom is 0.143 e. The molecule has 0 amide bonds. The molecule has 1 aliphatic carbocycles. The van der Waals surface area contributed by atoms with Crippen LogP contribution in [0.25, 0.3) is 44.3 Å². The van der Waals surface area contributed by atoms with Crippen molar-refractivity contribution in [3.8, 4) is 33.4 Å². The highest BCUT2D eigenvalue weighted by atomic mass is 35.5. The molecule has 2 heteroatoms. The number of hydrogen-bond acceptors (Lipinski definition) is 1. The number of halogens is 1. The van der Waals surface area contributed by atoms with Crippen molar-refractivity contribution in [1.29, 1.82) is 0 Å². The largest absolute Gasteiger partial charge is 0.464 e. The Morgan fingerprint density at radius 3 is 1.80 bits per heavy atom. The van der Waals surface area contributed by atoms with Crippen molar-refractivity contribution >= 4 is 22.6 Å². The van der Waals surface area contributed by atoms with Crippen LogP contribution in [0.2, 0.25) is 5.02 Å². The van der Waals surface area contributed by atoms with E-state index in [4.69, 9.17) is 16.0 Å². The molecule has 0 radical (unpaired) electrons. The second-order valence-electron chi connectivity index (χ2n) is 10.6. The van der Waals surface area contributed by atoms with Crippen molar-refractivity contribution in [1.82, 2.24) is 0 Å². The van der Waals surface area contributed by atoms with Gasteiger partial charge in [-0.3, -0.25) is 0 Å². The van der Waals surface area contributed by atoms with Crippen LogP contribution in [0.5, 0.6) is 0 Å². The maximum atomic E-state index is 7.30. The minimum atomic E-state index is -0.459. The zero-order valence-corrected chi connectivity index (χ0v) is 23.0. The van der Waals surface area contributed by atoms with Crippen molar-refractivity contribution in [2.45, 2.75) is 5.41 Å². The third-order valence-corrected chi connectivity index (χ3v) is 8.90. The van der Waals surface area contributed by atoms with Crippen LogP contribution in [-0.4, -0.2) is 0 Å². The van der Waals surface area contributed by atoms with E-state index >= 15 is 0 Å². The van der Waals surface area contributed by atoms with Crippen molar-refractivity contribution in [3.05, 3.63) is 179 Å². The molecule has 1 heterocycles. The van der Waals surface area contributed by atoms with Crippen molar-refractivity contribution in [2.24, 2.45) is 0 Å². The maximum absolute atomic E-state index is 7.30. The van der Waals surface area contributed by atoms with E-state index in [0.29, 0.717) is 5.02 Å². The predicted octanol–water partition coefficient (Wildman–Crippen LogP) is 10.8. The normalized spacial score (nSPS) is 13.2. The highest BCUT2D eigenvalue weighted by molar-refractivity contribution is 6.37. The first-order valence-corrected chi connectivity index (χ1v) is 14.3. The molecule has 1 aromatic heterocycles. The smallest absolute Gasteiger partial charge is 0.143 e. The average Bonchev–Trinajstić information content (AvgIpc) is 3.62. The average molecular weight is 545 g/mol. The van der Waals surface area contributed by atoms with Gasteiger partial charge < -0.3 is 4.42 Å². The summed E-state index contributed by atoms with van der Waals surface area (Å²) in [6.45, 7) is 0. The number of rotatable bonds is 4. The van der Waals surface area contributed by atoms with Crippen LogP contribution in [0.1, 0.15) is 22.3 Å². The van der Waals surface area contributed by atoms with E-state index in [-0.39, 0.29) is 0 Å². The molecule has 0 aliphatic heterocycles. The summed E-state index contributed by atoms with van der Waals surface area (Å²) in [5.41, 5.74) is 12.0. The monoisotopic (exact) mass is 544 g/mol. The Morgan fingerprint density at radius 2 is 1.10 bits per heavy atom. The zero-order chi connectivity index (χ0) is 27.4. The Kier molecular flexibility index (Phi) is 5.48. The van der Waals surface area contributed by atoms with Gasteiger partial charge in [0.15, 0.2) is 0 Å². The van der Waals surface area contributed by atoms with Crippen molar-refractivity contribution in [2.75, 3.05) is 0 Å². The molecule has 41 heavy (non-hydrogen) atoms. The topological polar surface area (TPSA) is 13.1 Å². The third-order valence-electron chi connectivity index (χ3n) is 8.51. The van der Waals surface area contributed by atoms with Gasteiger partial charge in [-0.1, -0.05) is 139 Å². The summed E-state index contributed by atoms with van der Waals surface area (Å²) in [4.78, 5) is 0. The van der Waals surface area contributed by atoms with E-state index < -0.39 is 5.41 Å². The number of benzene rings is 6. The van der Waals surface area contributed by atoms with Crippen LogP contribution in [0.3, 0.4) is 0 Å². The Morgan fingerprint density at radius 1 is 0.488 bits per heavy atom. The number of furan rings is 1. The van der Waals surface area contributed by atoms with Gasteiger partial charge in [0.1, 0.15) is 5.58 Å². The number of hydrogen-bond donors (Lipinski definition) is 0. The van der Waals surface area contributed by atoms with Gasteiger partial charge in [-0.25, -0.2) is 0 Å². The van der Waals surface area contributed by atoms with E-state index in [1.54, 1.807) is 6.26 Å². The summed E-state index contributed by atoms with van der Waals surface area (Å²) < 4.78 is 5.96. The van der Waals surface area contributed by atoms with Gasteiger partial charge in [-0.05, 0) is 62.7 Å². The Balaban J connectivity index is 1.45. The molecular weight excluding hydrogens is 520 g/mol. The van der Waals surface area contributed by atoms with Gasteiger partial charge in [0.05, 0.1) is 16.7 Å². The summed E-state index contributed by atoms with van der Waals surface area (Å²) in [6.07, 6.45) is 1.74. The molecular formula is C39H25ClO. The molecule has 0 N–H and O–H groups in total. The van der Waals surface area contributed by atoms with Crippen LogP contribution in [-0.2, 0) is 5.41 Å². The van der Waals surface area contributed by atoms with Crippen LogP contribution in [0.15, 0.2) is 156 Å². The van der Waals surface area contributed by atoms with Gasteiger partial charge in [0, 0.05) is 16.5 Å². The molecule has 0 atom stereocenters. The molecule has 6 aromatic carbocycles. The van der Waals surface area contributed by atoms with Crippen LogP contribution < -0.4 is 0 Å². The molecule has 0 fully saturated rings. The van der Waals surface area contributed by atoms with Crippen LogP contribution in [0, 0.1) is 0 Å².